The average molecular weight is 485 g/mol. The highest BCUT2D eigenvalue weighted by Gasteiger charge is 2.24. The molecule has 1 aliphatic rings. The molecule has 168 valence electrons. The predicted octanol–water partition coefficient (Wildman–Crippen LogP) is 2.91. The molecule has 3 rings (SSSR count). The molecule has 1 aliphatic heterocycles. The summed E-state index contributed by atoms with van der Waals surface area (Å²) >= 11 is 11.2. The maximum atomic E-state index is 13.3. The summed E-state index contributed by atoms with van der Waals surface area (Å²) in [7, 11) is -2.28. The third-order valence-electron chi connectivity index (χ3n) is 4.55. The van der Waals surface area contributed by atoms with Crippen LogP contribution in [0, 0.1) is 0 Å². The Morgan fingerprint density at radius 3 is 2.52 bits per heavy atom. The molecule has 0 aliphatic carbocycles. The first-order valence-corrected chi connectivity index (χ1v) is 11.9. The van der Waals surface area contributed by atoms with Gasteiger partial charge in [-0.1, -0.05) is 11.6 Å². The van der Waals surface area contributed by atoms with Crippen LogP contribution in [-0.2, 0) is 19.5 Å². The second kappa shape index (κ2) is 11.0. The number of rotatable bonds is 8. The zero-order valence-corrected chi connectivity index (χ0v) is 19.4. The molecular weight excluding hydrogens is 460 g/mol. The van der Waals surface area contributed by atoms with Gasteiger partial charge in [0.15, 0.2) is 5.11 Å². The van der Waals surface area contributed by atoms with Crippen LogP contribution < -0.4 is 20.3 Å². The second-order valence-electron chi connectivity index (χ2n) is 6.77. The van der Waals surface area contributed by atoms with Crippen molar-refractivity contribution in [2.24, 2.45) is 0 Å². The van der Waals surface area contributed by atoms with Crippen LogP contribution in [0.4, 0.5) is 17.1 Å². The van der Waals surface area contributed by atoms with E-state index < -0.39 is 10.0 Å². The molecule has 8 nitrogen and oxygen atoms in total. The van der Waals surface area contributed by atoms with Gasteiger partial charge in [-0.3, -0.25) is 4.72 Å². The van der Waals surface area contributed by atoms with Gasteiger partial charge in [0.05, 0.1) is 25.5 Å². The lowest BCUT2D eigenvalue weighted by Gasteiger charge is -2.30. The zero-order chi connectivity index (χ0) is 22.3. The number of nitrogens with zero attached hydrogens (tertiary/aromatic N) is 1. The van der Waals surface area contributed by atoms with E-state index in [9.17, 15) is 8.42 Å². The lowest BCUT2D eigenvalue weighted by Crippen LogP contribution is -2.37. The molecule has 3 N–H and O–H groups in total. The maximum absolute atomic E-state index is 13.3. The SMILES string of the molecule is COCCNC(=S)Nc1ccc(N2CCOCC2)c(S(=O)(=O)Nc2ccc(Cl)cc2)c1. The molecule has 2 aromatic carbocycles. The predicted molar refractivity (Wildman–Crippen MR) is 128 cm³/mol. The van der Waals surface area contributed by atoms with Crippen LogP contribution in [-0.4, -0.2) is 60.1 Å². The minimum atomic E-state index is -3.88. The number of methoxy groups -OCH3 is 1. The van der Waals surface area contributed by atoms with Gasteiger partial charge in [-0.2, -0.15) is 0 Å². The summed E-state index contributed by atoms with van der Waals surface area (Å²) in [4.78, 5) is 2.15. The molecule has 0 unspecified atom stereocenters. The highest BCUT2D eigenvalue weighted by Crippen LogP contribution is 2.31. The number of halogens is 1. The smallest absolute Gasteiger partial charge is 0.264 e. The summed E-state index contributed by atoms with van der Waals surface area (Å²) in [5, 5.41) is 6.94. The second-order valence-corrected chi connectivity index (χ2v) is 9.26. The maximum Gasteiger partial charge on any atom is 0.264 e. The lowest BCUT2D eigenvalue weighted by atomic mass is 10.2. The van der Waals surface area contributed by atoms with Crippen molar-refractivity contribution in [3.8, 4) is 0 Å². The van der Waals surface area contributed by atoms with Crippen LogP contribution in [0.25, 0.3) is 0 Å². The first-order chi connectivity index (χ1) is 14.9. The van der Waals surface area contributed by atoms with Crippen LogP contribution in [0.15, 0.2) is 47.4 Å². The number of nitrogens with one attached hydrogen (secondary N) is 3. The van der Waals surface area contributed by atoms with Gasteiger partial charge in [0.25, 0.3) is 10.0 Å². The normalized spacial score (nSPS) is 14.2. The lowest BCUT2D eigenvalue weighted by molar-refractivity contribution is 0.122. The Balaban J connectivity index is 1.89. The van der Waals surface area contributed by atoms with E-state index in [2.05, 4.69) is 15.4 Å². The van der Waals surface area contributed by atoms with Crippen molar-refractivity contribution in [3.63, 3.8) is 0 Å². The molecule has 2 aromatic rings. The number of hydrogen-bond acceptors (Lipinski definition) is 6. The fourth-order valence-corrected chi connectivity index (χ4v) is 4.70. The number of morpholine rings is 1. The summed E-state index contributed by atoms with van der Waals surface area (Å²) in [6, 6.07) is 11.6. The monoisotopic (exact) mass is 484 g/mol. The van der Waals surface area contributed by atoms with Crippen molar-refractivity contribution in [1.82, 2.24) is 5.32 Å². The minimum Gasteiger partial charge on any atom is -0.383 e. The highest BCUT2D eigenvalue weighted by atomic mass is 35.5. The molecule has 0 bridgehead atoms. The molecule has 0 radical (unpaired) electrons. The van der Waals surface area contributed by atoms with E-state index >= 15 is 0 Å². The molecule has 0 saturated carbocycles. The average Bonchev–Trinajstić information content (AvgIpc) is 2.76. The molecule has 0 aromatic heterocycles. The van der Waals surface area contributed by atoms with Crippen molar-refractivity contribution in [2.45, 2.75) is 4.90 Å². The molecule has 11 heteroatoms. The molecule has 1 fully saturated rings. The van der Waals surface area contributed by atoms with Crippen molar-refractivity contribution >= 4 is 56.0 Å². The van der Waals surface area contributed by atoms with Crippen molar-refractivity contribution in [2.75, 3.05) is 61.5 Å². The van der Waals surface area contributed by atoms with Crippen LogP contribution in [0.5, 0.6) is 0 Å². The highest BCUT2D eigenvalue weighted by molar-refractivity contribution is 7.93. The van der Waals surface area contributed by atoms with Gasteiger partial charge in [-0.15, -0.1) is 0 Å². The Labute approximate surface area is 192 Å². The van der Waals surface area contributed by atoms with Gasteiger partial charge in [0, 0.05) is 43.1 Å². The van der Waals surface area contributed by atoms with Crippen molar-refractivity contribution < 1.29 is 17.9 Å². The Morgan fingerprint density at radius 1 is 1.16 bits per heavy atom. The summed E-state index contributed by atoms with van der Waals surface area (Å²) in [5.41, 5.74) is 1.59. The van der Waals surface area contributed by atoms with Crippen LogP contribution in [0.3, 0.4) is 0 Å². The molecule has 0 amide bonds. The topological polar surface area (TPSA) is 91.9 Å². The van der Waals surface area contributed by atoms with Gasteiger partial charge in [0.1, 0.15) is 4.90 Å². The van der Waals surface area contributed by atoms with Gasteiger partial charge in [-0.25, -0.2) is 8.42 Å². The Bertz CT molecular complexity index is 997. The van der Waals surface area contributed by atoms with E-state index in [4.69, 9.17) is 33.3 Å². The fraction of sp³-hybridized carbons (Fsp3) is 0.350. The van der Waals surface area contributed by atoms with E-state index in [1.165, 1.54) is 0 Å². The third kappa shape index (κ3) is 6.68. The van der Waals surface area contributed by atoms with Crippen molar-refractivity contribution in [1.29, 1.82) is 0 Å². The van der Waals surface area contributed by atoms with Gasteiger partial charge in [-0.05, 0) is 54.7 Å². The number of hydrogen-bond donors (Lipinski definition) is 3. The first-order valence-electron chi connectivity index (χ1n) is 9.68. The Kier molecular flexibility index (Phi) is 8.33. The van der Waals surface area contributed by atoms with Crippen LogP contribution in [0.1, 0.15) is 0 Å². The van der Waals surface area contributed by atoms with E-state index in [0.29, 0.717) is 66.7 Å². The number of benzene rings is 2. The summed E-state index contributed by atoms with van der Waals surface area (Å²) < 4.78 is 39.6. The Hall–Kier alpha value is -2.11. The van der Waals surface area contributed by atoms with Gasteiger partial charge >= 0.3 is 0 Å². The number of thiocarbonyl (C=S) groups is 1. The summed E-state index contributed by atoms with van der Waals surface area (Å²) in [6.07, 6.45) is 0. The van der Waals surface area contributed by atoms with E-state index in [-0.39, 0.29) is 4.90 Å². The van der Waals surface area contributed by atoms with E-state index in [0.717, 1.165) is 0 Å². The summed E-state index contributed by atoms with van der Waals surface area (Å²) in [5.74, 6) is 0. The molecule has 1 heterocycles. The number of sulfonamides is 1. The minimum absolute atomic E-state index is 0.147. The van der Waals surface area contributed by atoms with Gasteiger partial charge in [0.2, 0.25) is 0 Å². The fourth-order valence-electron chi connectivity index (χ4n) is 3.04. The molecule has 0 spiro atoms. The van der Waals surface area contributed by atoms with Crippen LogP contribution >= 0.6 is 23.8 Å². The van der Waals surface area contributed by atoms with E-state index in [1.807, 2.05) is 4.90 Å². The number of ether oxygens (including phenoxy) is 2. The van der Waals surface area contributed by atoms with Crippen LogP contribution in [0.2, 0.25) is 5.02 Å². The molecular formula is C20H25ClN4O4S2. The Morgan fingerprint density at radius 2 is 1.84 bits per heavy atom. The summed E-state index contributed by atoms with van der Waals surface area (Å²) in [6.45, 7) is 3.33. The molecule has 31 heavy (non-hydrogen) atoms. The zero-order valence-electron chi connectivity index (χ0n) is 17.1. The van der Waals surface area contributed by atoms with Crippen molar-refractivity contribution in [3.05, 3.63) is 47.5 Å². The first kappa shape index (κ1) is 23.6. The molecule has 0 atom stereocenters. The quantitative estimate of drug-likeness (QED) is 0.389. The standard InChI is InChI=1S/C20H25ClN4O4S2/c1-28-11-8-22-20(30)23-17-6-7-18(25-9-12-29-13-10-25)19(14-17)31(26,27)24-16-4-2-15(21)3-5-16/h2-7,14,24H,8-13H2,1H3,(H2,22,23,30). The van der Waals surface area contributed by atoms with E-state index in [1.54, 1.807) is 49.6 Å². The largest absolute Gasteiger partial charge is 0.383 e. The van der Waals surface area contributed by atoms with Gasteiger partial charge < -0.3 is 25.0 Å². The number of anilines is 3. The third-order valence-corrected chi connectivity index (χ3v) is 6.46. The molecule has 1 saturated heterocycles.